The van der Waals surface area contributed by atoms with Crippen LogP contribution in [-0.4, -0.2) is 5.78 Å². The maximum Gasteiger partial charge on any atom is 0.149 e. The molecule has 4 bridgehead atoms. The van der Waals surface area contributed by atoms with Gasteiger partial charge in [-0.3, -0.25) is 4.79 Å². The Morgan fingerprint density at radius 3 is 2.87 bits per heavy atom. The van der Waals surface area contributed by atoms with Gasteiger partial charge in [0.05, 0.1) is 0 Å². The van der Waals surface area contributed by atoms with Crippen LogP contribution in [0.5, 0.6) is 0 Å². The average Bonchev–Trinajstić information content (AvgIpc) is 2.13. The molecule has 0 amide bonds. The Labute approximate surface area is 91.2 Å². The summed E-state index contributed by atoms with van der Waals surface area (Å²) in [6, 6.07) is 0. The van der Waals surface area contributed by atoms with Crippen molar-refractivity contribution in [3.05, 3.63) is 23.8 Å². The lowest BCUT2D eigenvalue weighted by molar-refractivity contribution is -0.147. The molecule has 0 spiro atoms. The summed E-state index contributed by atoms with van der Waals surface area (Å²) in [5, 5.41) is 0. The summed E-state index contributed by atoms with van der Waals surface area (Å²) in [6.45, 7) is 6.50. The Balaban J connectivity index is 2.26. The summed E-state index contributed by atoms with van der Waals surface area (Å²) in [4.78, 5) is 12.5. The lowest BCUT2D eigenvalue weighted by Gasteiger charge is -2.57. The van der Waals surface area contributed by atoms with E-state index in [-0.39, 0.29) is 10.8 Å². The lowest BCUT2D eigenvalue weighted by Crippen LogP contribution is -2.57. The molecule has 0 aliphatic heterocycles. The van der Waals surface area contributed by atoms with Crippen molar-refractivity contribution in [1.29, 1.82) is 0 Å². The molecule has 0 aromatic heterocycles. The molecule has 4 atom stereocenters. The Kier molecular flexibility index (Phi) is 1.53. The van der Waals surface area contributed by atoms with Crippen molar-refractivity contribution in [2.45, 2.75) is 33.6 Å². The molecule has 4 rings (SSSR count). The number of carbonyl (C=O) groups is 1. The number of carbonyl (C=O) groups excluding carboxylic acids is 1. The first-order chi connectivity index (χ1) is 6.97. The number of hydrogen-bond acceptors (Lipinski definition) is 1. The second-order valence-electron chi connectivity index (χ2n) is 6.03. The maximum absolute atomic E-state index is 12.5. The summed E-state index contributed by atoms with van der Waals surface area (Å²) in [7, 11) is 0. The second kappa shape index (κ2) is 2.45. The Hall–Kier alpha value is -0.850. The minimum atomic E-state index is -0.178. The van der Waals surface area contributed by atoms with E-state index < -0.39 is 0 Å². The van der Waals surface area contributed by atoms with Gasteiger partial charge in [0.25, 0.3) is 0 Å². The van der Waals surface area contributed by atoms with Gasteiger partial charge in [0, 0.05) is 10.8 Å². The van der Waals surface area contributed by atoms with Crippen LogP contribution in [0.4, 0.5) is 0 Å². The van der Waals surface area contributed by atoms with Gasteiger partial charge in [-0.15, -0.1) is 0 Å². The molecular formula is C14H18O. The molecule has 0 heterocycles. The molecule has 0 saturated heterocycles. The van der Waals surface area contributed by atoms with Crippen molar-refractivity contribution in [2.24, 2.45) is 22.7 Å². The standard InChI is InChI=1S/C14H18O/c1-9-7-13(2)8-10-5-4-6-14(3,11(9)10)12(13)15/h4-5,7,10-11H,6,8H2,1-3H3. The van der Waals surface area contributed by atoms with Gasteiger partial charge in [-0.2, -0.15) is 0 Å². The molecule has 15 heavy (non-hydrogen) atoms. The number of ketones is 1. The first-order valence-corrected chi connectivity index (χ1v) is 5.88. The highest BCUT2D eigenvalue weighted by atomic mass is 16.1. The molecule has 1 fully saturated rings. The van der Waals surface area contributed by atoms with Gasteiger partial charge in [0.2, 0.25) is 0 Å². The highest BCUT2D eigenvalue weighted by Gasteiger charge is 2.59. The van der Waals surface area contributed by atoms with Gasteiger partial charge in [0.1, 0.15) is 5.78 Å². The topological polar surface area (TPSA) is 17.1 Å². The van der Waals surface area contributed by atoms with Crippen LogP contribution in [0, 0.1) is 22.7 Å². The van der Waals surface area contributed by atoms with Crippen molar-refractivity contribution in [1.82, 2.24) is 0 Å². The van der Waals surface area contributed by atoms with E-state index in [4.69, 9.17) is 0 Å². The van der Waals surface area contributed by atoms with E-state index in [1.165, 1.54) is 5.57 Å². The quantitative estimate of drug-likeness (QED) is 0.551. The van der Waals surface area contributed by atoms with Crippen LogP contribution in [0.2, 0.25) is 0 Å². The first-order valence-electron chi connectivity index (χ1n) is 5.88. The van der Waals surface area contributed by atoms with Crippen molar-refractivity contribution < 1.29 is 4.79 Å². The first kappa shape index (κ1) is 9.38. The van der Waals surface area contributed by atoms with Crippen LogP contribution < -0.4 is 0 Å². The fraction of sp³-hybridized carbons (Fsp3) is 0.643. The van der Waals surface area contributed by atoms with E-state index in [9.17, 15) is 4.79 Å². The summed E-state index contributed by atoms with van der Waals surface area (Å²) < 4.78 is 0. The van der Waals surface area contributed by atoms with Crippen LogP contribution in [0.3, 0.4) is 0 Å². The molecule has 0 radical (unpaired) electrons. The van der Waals surface area contributed by atoms with Gasteiger partial charge >= 0.3 is 0 Å². The maximum atomic E-state index is 12.5. The molecular weight excluding hydrogens is 184 g/mol. The fourth-order valence-electron chi connectivity index (χ4n) is 4.41. The number of hydrogen-bond donors (Lipinski definition) is 0. The molecule has 80 valence electrons. The van der Waals surface area contributed by atoms with E-state index in [1.807, 2.05) is 0 Å². The zero-order chi connectivity index (χ0) is 10.8. The van der Waals surface area contributed by atoms with Crippen molar-refractivity contribution in [2.75, 3.05) is 0 Å². The zero-order valence-corrected chi connectivity index (χ0v) is 9.71. The number of rotatable bonds is 0. The van der Waals surface area contributed by atoms with Crippen molar-refractivity contribution >= 4 is 5.78 Å². The third-order valence-electron chi connectivity index (χ3n) is 4.77. The van der Waals surface area contributed by atoms with E-state index in [0.717, 1.165) is 12.8 Å². The Morgan fingerprint density at radius 1 is 1.40 bits per heavy atom. The minimum absolute atomic E-state index is 0.106. The summed E-state index contributed by atoms with van der Waals surface area (Å²) in [5.41, 5.74) is 1.16. The molecule has 1 saturated carbocycles. The van der Waals surface area contributed by atoms with Crippen LogP contribution in [0.15, 0.2) is 23.8 Å². The zero-order valence-electron chi connectivity index (χ0n) is 9.71. The number of Topliss-reactive ketones (excluding diaryl/α,β-unsaturated/α-hetero) is 1. The van der Waals surface area contributed by atoms with Gasteiger partial charge < -0.3 is 0 Å². The SMILES string of the molecule is CC1=CC2(C)CC3C=CCC(C)(C2=O)C13. The monoisotopic (exact) mass is 202 g/mol. The molecule has 4 aliphatic rings. The highest BCUT2D eigenvalue weighted by molar-refractivity contribution is 5.95. The third kappa shape index (κ3) is 0.920. The van der Waals surface area contributed by atoms with E-state index >= 15 is 0 Å². The summed E-state index contributed by atoms with van der Waals surface area (Å²) in [5.74, 6) is 1.57. The number of allylic oxidation sites excluding steroid dienone is 4. The minimum Gasteiger partial charge on any atom is -0.298 e. The normalized spacial score (nSPS) is 51.9. The van der Waals surface area contributed by atoms with Gasteiger partial charge in [-0.05, 0) is 38.5 Å². The second-order valence-corrected chi connectivity index (χ2v) is 6.03. The summed E-state index contributed by atoms with van der Waals surface area (Å²) >= 11 is 0. The molecule has 0 aromatic rings. The van der Waals surface area contributed by atoms with Gasteiger partial charge in [-0.1, -0.05) is 30.7 Å². The molecule has 4 aliphatic carbocycles. The Bertz CT molecular complexity index is 404. The van der Waals surface area contributed by atoms with E-state index in [2.05, 4.69) is 39.0 Å². The van der Waals surface area contributed by atoms with Crippen LogP contribution in [0.25, 0.3) is 0 Å². The average molecular weight is 202 g/mol. The molecule has 0 N–H and O–H groups in total. The van der Waals surface area contributed by atoms with E-state index in [1.54, 1.807) is 0 Å². The molecule has 1 heteroatoms. The fourth-order valence-corrected chi connectivity index (χ4v) is 4.41. The smallest absolute Gasteiger partial charge is 0.149 e. The predicted molar refractivity (Wildman–Crippen MR) is 60.3 cm³/mol. The van der Waals surface area contributed by atoms with Crippen molar-refractivity contribution in [3.8, 4) is 0 Å². The molecule has 0 aromatic carbocycles. The van der Waals surface area contributed by atoms with Crippen LogP contribution in [-0.2, 0) is 4.79 Å². The van der Waals surface area contributed by atoms with Crippen LogP contribution in [0.1, 0.15) is 33.6 Å². The predicted octanol–water partition coefficient (Wildman–Crippen LogP) is 3.12. The third-order valence-corrected chi connectivity index (χ3v) is 4.77. The van der Waals surface area contributed by atoms with Gasteiger partial charge in [0.15, 0.2) is 0 Å². The molecule has 4 unspecified atom stereocenters. The lowest BCUT2D eigenvalue weighted by atomic mass is 9.45. The Morgan fingerprint density at radius 2 is 2.13 bits per heavy atom. The van der Waals surface area contributed by atoms with Crippen LogP contribution >= 0.6 is 0 Å². The van der Waals surface area contributed by atoms with Crippen molar-refractivity contribution in [3.63, 3.8) is 0 Å². The van der Waals surface area contributed by atoms with E-state index in [0.29, 0.717) is 17.6 Å². The summed E-state index contributed by atoms with van der Waals surface area (Å²) in [6.07, 6.45) is 8.76. The largest absolute Gasteiger partial charge is 0.298 e. The highest BCUT2D eigenvalue weighted by Crippen LogP contribution is 2.61. The molecule has 1 nitrogen and oxygen atoms in total. The van der Waals surface area contributed by atoms with Gasteiger partial charge in [-0.25, -0.2) is 0 Å².